The Kier molecular flexibility index (Phi) is 3.81. The van der Waals surface area contributed by atoms with Crippen LogP contribution in [0.3, 0.4) is 0 Å². The van der Waals surface area contributed by atoms with Gasteiger partial charge < -0.3 is 15.5 Å². The number of benzene rings is 1. The molecule has 0 aromatic heterocycles. The van der Waals surface area contributed by atoms with Gasteiger partial charge in [-0.1, -0.05) is 17.7 Å². The molecule has 4 nitrogen and oxygen atoms in total. The van der Waals surface area contributed by atoms with Crippen molar-refractivity contribution in [3.8, 4) is 0 Å². The molecule has 0 spiro atoms. The highest BCUT2D eigenvalue weighted by Gasteiger charge is 2.26. The summed E-state index contributed by atoms with van der Waals surface area (Å²) in [5.74, 6) is 0.961. The molecule has 20 heavy (non-hydrogen) atoms. The van der Waals surface area contributed by atoms with Gasteiger partial charge in [-0.2, -0.15) is 0 Å². The summed E-state index contributed by atoms with van der Waals surface area (Å²) in [7, 11) is 1.85. The minimum atomic E-state index is 0.487. The second kappa shape index (κ2) is 5.73. The van der Waals surface area contributed by atoms with E-state index in [1.165, 1.54) is 30.5 Å². The molecule has 0 bridgehead atoms. The topological polar surface area (TPSA) is 39.7 Å². The van der Waals surface area contributed by atoms with E-state index in [1.807, 2.05) is 7.05 Å². The molecule has 2 aliphatic rings. The second-order valence-corrected chi connectivity index (χ2v) is 5.90. The number of aliphatic imine (C=N–C) groups is 1. The second-order valence-electron chi connectivity index (χ2n) is 5.90. The zero-order valence-electron chi connectivity index (χ0n) is 12.4. The first kappa shape index (κ1) is 13.3. The van der Waals surface area contributed by atoms with Crippen LogP contribution in [0.2, 0.25) is 0 Å². The summed E-state index contributed by atoms with van der Waals surface area (Å²) in [6.07, 6.45) is 3.72. The lowest BCUT2D eigenvalue weighted by atomic mass is 10.2. The Morgan fingerprint density at radius 1 is 1.10 bits per heavy atom. The first-order chi connectivity index (χ1) is 9.74. The highest BCUT2D eigenvalue weighted by Crippen LogP contribution is 2.21. The Labute approximate surface area is 121 Å². The van der Waals surface area contributed by atoms with Gasteiger partial charge in [-0.05, 0) is 38.3 Å². The molecule has 1 saturated heterocycles. The van der Waals surface area contributed by atoms with Crippen LogP contribution in [0.1, 0.15) is 24.8 Å². The predicted octanol–water partition coefficient (Wildman–Crippen LogP) is 1.90. The Bertz CT molecular complexity index is 476. The molecule has 0 radical (unpaired) electrons. The molecule has 1 saturated carbocycles. The minimum Gasteiger partial charge on any atom is -0.369 e. The largest absolute Gasteiger partial charge is 0.369 e. The molecule has 2 N–H and O–H groups in total. The molecule has 1 heterocycles. The number of guanidine groups is 1. The number of rotatable bonds is 3. The predicted molar refractivity (Wildman–Crippen MR) is 84.4 cm³/mol. The quantitative estimate of drug-likeness (QED) is 0.652. The van der Waals surface area contributed by atoms with E-state index in [4.69, 9.17) is 0 Å². The lowest BCUT2D eigenvalue weighted by molar-refractivity contribution is 0.648. The molecular weight excluding hydrogens is 248 g/mol. The van der Waals surface area contributed by atoms with Gasteiger partial charge in [0.1, 0.15) is 0 Å². The van der Waals surface area contributed by atoms with Gasteiger partial charge >= 0.3 is 0 Å². The zero-order chi connectivity index (χ0) is 13.9. The summed E-state index contributed by atoms with van der Waals surface area (Å²) < 4.78 is 0. The van der Waals surface area contributed by atoms with Gasteiger partial charge in [0.25, 0.3) is 0 Å². The molecule has 108 valence electrons. The van der Waals surface area contributed by atoms with Crippen LogP contribution in [-0.2, 0) is 0 Å². The summed E-state index contributed by atoms with van der Waals surface area (Å²) >= 11 is 0. The van der Waals surface area contributed by atoms with Gasteiger partial charge in [0, 0.05) is 37.9 Å². The van der Waals surface area contributed by atoms with Crippen molar-refractivity contribution in [1.82, 2.24) is 10.6 Å². The Morgan fingerprint density at radius 3 is 2.45 bits per heavy atom. The number of aryl methyl sites for hydroxylation is 1. The van der Waals surface area contributed by atoms with Crippen molar-refractivity contribution < 1.29 is 0 Å². The number of nitrogens with zero attached hydrogens (tertiary/aromatic N) is 2. The monoisotopic (exact) mass is 272 g/mol. The van der Waals surface area contributed by atoms with Crippen molar-refractivity contribution >= 4 is 11.6 Å². The Balaban J connectivity index is 1.54. The van der Waals surface area contributed by atoms with Crippen LogP contribution in [0, 0.1) is 6.92 Å². The molecule has 1 aliphatic heterocycles. The van der Waals surface area contributed by atoms with Crippen LogP contribution in [0.4, 0.5) is 5.69 Å². The standard InChI is InChI=1S/C16H24N4/c1-12-3-7-15(8-4-12)20-10-9-14(11-20)19-16(17-2)18-13-5-6-13/h3-4,7-8,13-14H,5-6,9-11H2,1-2H3,(H2,17,18,19). The highest BCUT2D eigenvalue weighted by atomic mass is 15.3. The molecule has 3 rings (SSSR count). The first-order valence-corrected chi connectivity index (χ1v) is 7.56. The van der Waals surface area contributed by atoms with Crippen LogP contribution in [0.15, 0.2) is 29.3 Å². The lowest BCUT2D eigenvalue weighted by Crippen LogP contribution is -2.45. The number of hydrogen-bond donors (Lipinski definition) is 2. The molecule has 0 amide bonds. The molecule has 2 fully saturated rings. The van der Waals surface area contributed by atoms with Crippen molar-refractivity contribution in [2.45, 2.75) is 38.3 Å². The molecule has 4 heteroatoms. The number of anilines is 1. The van der Waals surface area contributed by atoms with E-state index < -0.39 is 0 Å². The third-order valence-electron chi connectivity index (χ3n) is 4.07. The van der Waals surface area contributed by atoms with E-state index in [1.54, 1.807) is 0 Å². The summed E-state index contributed by atoms with van der Waals surface area (Å²) in [6, 6.07) is 9.94. The van der Waals surface area contributed by atoms with Crippen LogP contribution >= 0.6 is 0 Å². The van der Waals surface area contributed by atoms with Crippen molar-refractivity contribution in [3.63, 3.8) is 0 Å². The van der Waals surface area contributed by atoms with Gasteiger partial charge in [0.05, 0.1) is 0 Å². The van der Waals surface area contributed by atoms with E-state index in [9.17, 15) is 0 Å². The van der Waals surface area contributed by atoms with Crippen LogP contribution in [0.5, 0.6) is 0 Å². The van der Waals surface area contributed by atoms with E-state index in [0.717, 1.165) is 19.0 Å². The van der Waals surface area contributed by atoms with Crippen molar-refractivity contribution in [2.75, 3.05) is 25.0 Å². The first-order valence-electron chi connectivity index (χ1n) is 7.56. The summed E-state index contributed by atoms with van der Waals surface area (Å²) in [6.45, 7) is 4.29. The van der Waals surface area contributed by atoms with Crippen LogP contribution < -0.4 is 15.5 Å². The normalized spacial score (nSPS) is 23.0. The molecular formula is C16H24N4. The molecule has 1 aromatic rings. The minimum absolute atomic E-state index is 0.487. The average Bonchev–Trinajstić information content (AvgIpc) is 3.15. The van der Waals surface area contributed by atoms with Gasteiger partial charge in [-0.15, -0.1) is 0 Å². The summed E-state index contributed by atoms with van der Waals surface area (Å²) in [5, 5.41) is 7.00. The molecule has 1 aliphatic carbocycles. The maximum atomic E-state index is 4.32. The maximum absolute atomic E-state index is 4.32. The lowest BCUT2D eigenvalue weighted by Gasteiger charge is -2.20. The van der Waals surface area contributed by atoms with Gasteiger partial charge in [-0.3, -0.25) is 4.99 Å². The molecule has 1 unspecified atom stereocenters. The van der Waals surface area contributed by atoms with Crippen molar-refractivity contribution in [3.05, 3.63) is 29.8 Å². The summed E-state index contributed by atoms with van der Waals surface area (Å²) in [4.78, 5) is 6.76. The van der Waals surface area contributed by atoms with E-state index in [0.29, 0.717) is 12.1 Å². The fraction of sp³-hybridized carbons (Fsp3) is 0.562. The van der Waals surface area contributed by atoms with E-state index >= 15 is 0 Å². The van der Waals surface area contributed by atoms with Gasteiger partial charge in [0.15, 0.2) is 5.96 Å². The van der Waals surface area contributed by atoms with Gasteiger partial charge in [-0.25, -0.2) is 0 Å². The number of hydrogen-bond acceptors (Lipinski definition) is 2. The Morgan fingerprint density at radius 2 is 1.80 bits per heavy atom. The van der Waals surface area contributed by atoms with Crippen LogP contribution in [-0.4, -0.2) is 38.2 Å². The SMILES string of the molecule is CN=C(NC1CC1)NC1CCN(c2ccc(C)cc2)C1. The average molecular weight is 272 g/mol. The fourth-order valence-corrected chi connectivity index (χ4v) is 2.65. The van der Waals surface area contributed by atoms with Crippen molar-refractivity contribution in [1.29, 1.82) is 0 Å². The van der Waals surface area contributed by atoms with Gasteiger partial charge in [0.2, 0.25) is 0 Å². The maximum Gasteiger partial charge on any atom is 0.191 e. The highest BCUT2D eigenvalue weighted by molar-refractivity contribution is 5.80. The summed E-state index contributed by atoms with van der Waals surface area (Å²) in [5.41, 5.74) is 2.64. The smallest absolute Gasteiger partial charge is 0.191 e. The van der Waals surface area contributed by atoms with Crippen molar-refractivity contribution in [2.24, 2.45) is 4.99 Å². The fourth-order valence-electron chi connectivity index (χ4n) is 2.65. The third kappa shape index (κ3) is 3.24. The van der Waals surface area contributed by atoms with E-state index in [-0.39, 0.29) is 0 Å². The Hall–Kier alpha value is -1.71. The zero-order valence-corrected chi connectivity index (χ0v) is 12.4. The number of nitrogens with one attached hydrogen (secondary N) is 2. The third-order valence-corrected chi connectivity index (χ3v) is 4.07. The molecule has 1 atom stereocenters. The van der Waals surface area contributed by atoms with E-state index in [2.05, 4.69) is 51.7 Å². The molecule has 1 aromatic carbocycles. The van der Waals surface area contributed by atoms with Crippen LogP contribution in [0.25, 0.3) is 0 Å².